The highest BCUT2D eigenvalue weighted by Gasteiger charge is 2.15. The number of esters is 1. The van der Waals surface area contributed by atoms with Crippen LogP contribution in [0.3, 0.4) is 0 Å². The van der Waals surface area contributed by atoms with Gasteiger partial charge in [-0.05, 0) is 41.3 Å². The van der Waals surface area contributed by atoms with E-state index in [0.29, 0.717) is 33.2 Å². The molecule has 0 aliphatic heterocycles. The number of amides is 1. The average Bonchev–Trinajstić information content (AvgIpc) is 3.29. The fourth-order valence-electron chi connectivity index (χ4n) is 3.07. The summed E-state index contributed by atoms with van der Waals surface area (Å²) in [6, 6.07) is 17.9. The lowest BCUT2D eigenvalue weighted by atomic mass is 10.2. The molecule has 4 aromatic rings. The van der Waals surface area contributed by atoms with Gasteiger partial charge in [0.2, 0.25) is 5.91 Å². The second-order valence-electron chi connectivity index (χ2n) is 6.81. The number of thiophene rings is 1. The lowest BCUT2D eigenvalue weighted by molar-refractivity contribution is -0.113. The first-order valence-corrected chi connectivity index (χ1v) is 11.5. The Morgan fingerprint density at radius 2 is 1.84 bits per heavy atom. The van der Waals surface area contributed by atoms with Gasteiger partial charge in [-0.25, -0.2) is 9.78 Å². The van der Waals surface area contributed by atoms with Crippen molar-refractivity contribution >= 4 is 50.9 Å². The summed E-state index contributed by atoms with van der Waals surface area (Å²) < 4.78 is 6.88. The third-order valence-electron chi connectivity index (χ3n) is 4.64. The van der Waals surface area contributed by atoms with Gasteiger partial charge in [0.25, 0.3) is 5.56 Å². The molecule has 9 heteroatoms. The molecule has 0 saturated carbocycles. The molecule has 0 atom stereocenters. The molecule has 0 fully saturated rings. The molecule has 0 radical (unpaired) electrons. The number of rotatable bonds is 7. The molecule has 2 heterocycles. The second-order valence-corrected chi connectivity index (χ2v) is 8.67. The zero-order valence-electron chi connectivity index (χ0n) is 17.1. The Bertz CT molecular complexity index is 1310. The Labute approximate surface area is 192 Å². The molecule has 1 amide bonds. The van der Waals surface area contributed by atoms with Gasteiger partial charge in [0, 0.05) is 5.69 Å². The number of carbonyl (C=O) groups excluding carboxylic acids is 2. The van der Waals surface area contributed by atoms with Crippen LogP contribution in [-0.2, 0) is 16.1 Å². The van der Waals surface area contributed by atoms with E-state index < -0.39 is 5.97 Å². The number of thioether (sulfide) groups is 1. The predicted octanol–water partition coefficient (Wildman–Crippen LogP) is 4.02. The highest BCUT2D eigenvalue weighted by molar-refractivity contribution is 7.99. The zero-order valence-corrected chi connectivity index (χ0v) is 18.7. The van der Waals surface area contributed by atoms with Crippen LogP contribution in [0, 0.1) is 0 Å². The number of benzene rings is 2. The minimum atomic E-state index is -0.440. The van der Waals surface area contributed by atoms with Crippen molar-refractivity contribution in [3.8, 4) is 0 Å². The quantitative estimate of drug-likeness (QED) is 0.252. The van der Waals surface area contributed by atoms with Crippen molar-refractivity contribution in [3.63, 3.8) is 0 Å². The number of aromatic nitrogens is 2. The maximum Gasteiger partial charge on any atom is 0.337 e. The molecule has 0 bridgehead atoms. The van der Waals surface area contributed by atoms with E-state index in [2.05, 4.69) is 15.0 Å². The molecular formula is C23H19N3O4S2. The van der Waals surface area contributed by atoms with Gasteiger partial charge in [0.15, 0.2) is 5.16 Å². The van der Waals surface area contributed by atoms with Crippen molar-refractivity contribution in [1.82, 2.24) is 9.55 Å². The van der Waals surface area contributed by atoms with Crippen molar-refractivity contribution in [3.05, 3.63) is 87.5 Å². The lowest BCUT2D eigenvalue weighted by Gasteiger charge is -2.12. The Hall–Kier alpha value is -3.43. The monoisotopic (exact) mass is 465 g/mol. The number of anilines is 1. The van der Waals surface area contributed by atoms with E-state index in [9.17, 15) is 14.4 Å². The number of carbonyl (C=O) groups is 2. The zero-order chi connectivity index (χ0) is 22.5. The summed E-state index contributed by atoms with van der Waals surface area (Å²) in [5.41, 5.74) is 2.45. The fourth-order valence-corrected chi connectivity index (χ4v) is 4.65. The summed E-state index contributed by atoms with van der Waals surface area (Å²) in [5.74, 6) is -0.605. The summed E-state index contributed by atoms with van der Waals surface area (Å²) in [6.07, 6.45) is 0. The first kappa shape index (κ1) is 21.8. The third kappa shape index (κ3) is 4.90. The van der Waals surface area contributed by atoms with Gasteiger partial charge in [-0.2, -0.15) is 0 Å². The van der Waals surface area contributed by atoms with Crippen LogP contribution >= 0.6 is 23.1 Å². The minimum absolute atomic E-state index is 0.0790. The largest absolute Gasteiger partial charge is 0.465 e. The van der Waals surface area contributed by atoms with Crippen LogP contribution in [0.1, 0.15) is 15.9 Å². The first-order chi connectivity index (χ1) is 15.5. The van der Waals surface area contributed by atoms with E-state index in [1.807, 2.05) is 35.7 Å². The maximum atomic E-state index is 13.0. The van der Waals surface area contributed by atoms with E-state index >= 15 is 0 Å². The van der Waals surface area contributed by atoms with Crippen LogP contribution in [0.25, 0.3) is 10.2 Å². The van der Waals surface area contributed by atoms with Crippen LogP contribution in [-0.4, -0.2) is 34.3 Å². The molecule has 0 aliphatic rings. The Kier molecular flexibility index (Phi) is 6.67. The fraction of sp³-hybridized carbons (Fsp3) is 0.130. The van der Waals surface area contributed by atoms with E-state index in [0.717, 1.165) is 5.56 Å². The third-order valence-corrected chi connectivity index (χ3v) is 6.50. The maximum absolute atomic E-state index is 13.0. The van der Waals surface area contributed by atoms with Crippen molar-refractivity contribution in [1.29, 1.82) is 0 Å². The molecule has 32 heavy (non-hydrogen) atoms. The molecule has 4 rings (SSSR count). The lowest BCUT2D eigenvalue weighted by Crippen LogP contribution is -2.24. The molecule has 0 aliphatic carbocycles. The second kappa shape index (κ2) is 9.80. The first-order valence-electron chi connectivity index (χ1n) is 9.68. The average molecular weight is 466 g/mol. The summed E-state index contributed by atoms with van der Waals surface area (Å²) in [7, 11) is 1.31. The van der Waals surface area contributed by atoms with Crippen LogP contribution < -0.4 is 10.9 Å². The topological polar surface area (TPSA) is 90.3 Å². The number of hydrogen-bond donors (Lipinski definition) is 1. The van der Waals surface area contributed by atoms with Crippen molar-refractivity contribution in [2.75, 3.05) is 18.2 Å². The van der Waals surface area contributed by atoms with Crippen molar-refractivity contribution in [2.45, 2.75) is 11.7 Å². The predicted molar refractivity (Wildman–Crippen MR) is 127 cm³/mol. The van der Waals surface area contributed by atoms with Gasteiger partial charge in [-0.15, -0.1) is 11.3 Å². The molecule has 0 unspecified atom stereocenters. The normalized spacial score (nSPS) is 10.8. The molecule has 0 saturated heterocycles. The highest BCUT2D eigenvalue weighted by atomic mass is 32.2. The van der Waals surface area contributed by atoms with E-state index in [4.69, 9.17) is 0 Å². The summed E-state index contributed by atoms with van der Waals surface area (Å²) in [4.78, 5) is 41.7. The molecule has 2 aromatic heterocycles. The van der Waals surface area contributed by atoms with Gasteiger partial charge in [-0.1, -0.05) is 42.1 Å². The molecule has 0 spiro atoms. The SMILES string of the molecule is COC(=O)c1ccc(NC(=O)CSc2nc3ccsc3c(=O)n2Cc2ccccc2)cc1. The van der Waals surface area contributed by atoms with Crippen LogP contribution in [0.15, 0.2) is 76.0 Å². The van der Waals surface area contributed by atoms with Crippen molar-refractivity contribution < 1.29 is 14.3 Å². The van der Waals surface area contributed by atoms with E-state index in [1.165, 1.54) is 30.2 Å². The number of nitrogens with zero attached hydrogens (tertiary/aromatic N) is 2. The Balaban J connectivity index is 1.51. The summed E-state index contributed by atoms with van der Waals surface area (Å²) in [6.45, 7) is 0.374. The standard InChI is InChI=1S/C23H19N3O4S2/c1-30-22(29)16-7-9-17(10-8-16)24-19(27)14-32-23-25-18-11-12-31-20(18)21(28)26(23)13-15-5-3-2-4-6-15/h2-12H,13-14H2,1H3,(H,24,27). The van der Waals surface area contributed by atoms with E-state index in [-0.39, 0.29) is 17.2 Å². The van der Waals surface area contributed by atoms with Gasteiger partial charge < -0.3 is 10.1 Å². The molecular weight excluding hydrogens is 446 g/mol. The molecule has 2 aromatic carbocycles. The number of hydrogen-bond acceptors (Lipinski definition) is 7. The van der Waals surface area contributed by atoms with Crippen molar-refractivity contribution in [2.24, 2.45) is 0 Å². The van der Waals surface area contributed by atoms with Gasteiger partial charge in [0.1, 0.15) is 4.70 Å². The number of fused-ring (bicyclic) bond motifs is 1. The molecule has 162 valence electrons. The Morgan fingerprint density at radius 3 is 2.56 bits per heavy atom. The van der Waals surface area contributed by atoms with Gasteiger partial charge in [0.05, 0.1) is 30.5 Å². The van der Waals surface area contributed by atoms with Crippen LogP contribution in [0.2, 0.25) is 0 Å². The number of nitrogens with one attached hydrogen (secondary N) is 1. The summed E-state index contributed by atoms with van der Waals surface area (Å²) >= 11 is 2.57. The number of ether oxygens (including phenoxy) is 1. The van der Waals surface area contributed by atoms with Crippen LogP contribution in [0.4, 0.5) is 5.69 Å². The van der Waals surface area contributed by atoms with Crippen LogP contribution in [0.5, 0.6) is 0 Å². The minimum Gasteiger partial charge on any atom is -0.465 e. The van der Waals surface area contributed by atoms with Gasteiger partial charge in [-0.3, -0.25) is 14.2 Å². The Morgan fingerprint density at radius 1 is 1.09 bits per heavy atom. The van der Waals surface area contributed by atoms with E-state index in [1.54, 1.807) is 34.9 Å². The smallest absolute Gasteiger partial charge is 0.337 e. The number of methoxy groups -OCH3 is 1. The highest BCUT2D eigenvalue weighted by Crippen LogP contribution is 2.22. The van der Waals surface area contributed by atoms with Gasteiger partial charge >= 0.3 is 5.97 Å². The summed E-state index contributed by atoms with van der Waals surface area (Å²) in [5, 5.41) is 5.11. The molecule has 1 N–H and O–H groups in total. The molecule has 7 nitrogen and oxygen atoms in total.